The van der Waals surface area contributed by atoms with Crippen molar-refractivity contribution in [3.63, 3.8) is 0 Å². The zero-order valence-electron chi connectivity index (χ0n) is 11.8. The molecule has 0 aliphatic carbocycles. The average molecular weight is 353 g/mol. The van der Waals surface area contributed by atoms with Crippen molar-refractivity contribution in [2.45, 2.75) is 12.5 Å². The summed E-state index contributed by atoms with van der Waals surface area (Å²) in [7, 11) is 3.20. The first-order chi connectivity index (χ1) is 10.2. The molecule has 0 spiro atoms. The second-order valence-electron chi connectivity index (χ2n) is 4.37. The number of hydrogen-bond acceptors (Lipinski definition) is 6. The first-order valence-electron chi connectivity index (χ1n) is 6.32. The van der Waals surface area contributed by atoms with Gasteiger partial charge in [-0.3, -0.25) is 11.3 Å². The van der Waals surface area contributed by atoms with E-state index in [2.05, 4.69) is 31.3 Å². The van der Waals surface area contributed by atoms with Crippen LogP contribution < -0.4 is 20.7 Å². The summed E-state index contributed by atoms with van der Waals surface area (Å²) in [6, 6.07) is 7.41. The van der Waals surface area contributed by atoms with E-state index in [1.165, 1.54) is 6.33 Å². The van der Waals surface area contributed by atoms with Gasteiger partial charge in [-0.05, 0) is 30.2 Å². The van der Waals surface area contributed by atoms with E-state index in [4.69, 9.17) is 15.3 Å². The summed E-state index contributed by atoms with van der Waals surface area (Å²) in [5.74, 6) is 6.97. The molecule has 21 heavy (non-hydrogen) atoms. The summed E-state index contributed by atoms with van der Waals surface area (Å²) in [6.07, 6.45) is 2.10. The van der Waals surface area contributed by atoms with Crippen LogP contribution in [-0.2, 0) is 6.42 Å². The fraction of sp³-hybridized carbons (Fsp3) is 0.286. The van der Waals surface area contributed by atoms with Crippen molar-refractivity contribution in [1.82, 2.24) is 15.4 Å². The Bertz CT molecular complexity index is 609. The summed E-state index contributed by atoms with van der Waals surface area (Å²) < 4.78 is 11.4. The van der Waals surface area contributed by atoms with Gasteiger partial charge in [0.05, 0.1) is 26.0 Å². The monoisotopic (exact) mass is 352 g/mol. The number of nitrogens with one attached hydrogen (secondary N) is 1. The predicted molar refractivity (Wildman–Crippen MR) is 83.0 cm³/mol. The van der Waals surface area contributed by atoms with Crippen molar-refractivity contribution in [1.29, 1.82) is 0 Å². The summed E-state index contributed by atoms with van der Waals surface area (Å²) in [5.41, 5.74) is 4.60. The van der Waals surface area contributed by atoms with E-state index in [-0.39, 0.29) is 6.04 Å². The minimum absolute atomic E-state index is 0.162. The molecule has 0 aliphatic rings. The van der Waals surface area contributed by atoms with Crippen LogP contribution in [-0.4, -0.2) is 24.2 Å². The molecule has 0 saturated carbocycles. The largest absolute Gasteiger partial charge is 0.497 e. The smallest absolute Gasteiger partial charge is 0.216 e. The second-order valence-corrected chi connectivity index (χ2v) is 5.22. The number of nitrogens with two attached hydrogens (primary N) is 1. The summed E-state index contributed by atoms with van der Waals surface area (Å²) in [4.78, 5) is 8.24. The lowest BCUT2D eigenvalue weighted by Gasteiger charge is -2.17. The summed E-state index contributed by atoms with van der Waals surface area (Å²) in [5, 5.41) is 0. The van der Waals surface area contributed by atoms with E-state index < -0.39 is 0 Å². The number of benzene rings is 1. The molecule has 0 radical (unpaired) electrons. The minimum Gasteiger partial charge on any atom is -0.497 e. The Labute approximate surface area is 131 Å². The van der Waals surface area contributed by atoms with Crippen LogP contribution in [0.5, 0.6) is 11.6 Å². The van der Waals surface area contributed by atoms with Crippen LogP contribution in [0.4, 0.5) is 0 Å². The van der Waals surface area contributed by atoms with Gasteiger partial charge in [0.15, 0.2) is 0 Å². The molecule has 6 nitrogen and oxygen atoms in total. The van der Waals surface area contributed by atoms with Crippen LogP contribution in [0.15, 0.2) is 35.1 Å². The maximum absolute atomic E-state index is 5.67. The van der Waals surface area contributed by atoms with E-state index in [1.807, 2.05) is 18.2 Å². The Morgan fingerprint density at radius 1 is 1.24 bits per heavy atom. The highest BCUT2D eigenvalue weighted by atomic mass is 79.9. The molecule has 1 heterocycles. The Kier molecular flexibility index (Phi) is 5.49. The van der Waals surface area contributed by atoms with Gasteiger partial charge in [-0.1, -0.05) is 15.9 Å². The highest BCUT2D eigenvalue weighted by Crippen LogP contribution is 2.27. The van der Waals surface area contributed by atoms with Gasteiger partial charge in [-0.25, -0.2) is 9.97 Å². The van der Waals surface area contributed by atoms with Gasteiger partial charge in [-0.15, -0.1) is 0 Å². The lowest BCUT2D eigenvalue weighted by atomic mass is 10.0. The molecule has 0 bridgehead atoms. The standard InChI is InChI=1S/C14H17BrN4O2/c1-20-10-3-4-11(15)9(5-10)6-13(19-16)12-7-14(21-2)18-8-17-12/h3-5,7-8,13,19H,6,16H2,1-2H3. The van der Waals surface area contributed by atoms with E-state index in [0.29, 0.717) is 12.3 Å². The third-order valence-corrected chi connectivity index (χ3v) is 3.88. The van der Waals surface area contributed by atoms with E-state index in [0.717, 1.165) is 21.5 Å². The number of methoxy groups -OCH3 is 2. The first-order valence-corrected chi connectivity index (χ1v) is 7.11. The highest BCUT2D eigenvalue weighted by Gasteiger charge is 2.15. The molecule has 3 N–H and O–H groups in total. The molecule has 0 amide bonds. The number of rotatable bonds is 6. The van der Waals surface area contributed by atoms with Crippen LogP contribution in [0.2, 0.25) is 0 Å². The Hall–Kier alpha value is -1.70. The number of hydrogen-bond donors (Lipinski definition) is 2. The van der Waals surface area contributed by atoms with Gasteiger partial charge < -0.3 is 9.47 Å². The van der Waals surface area contributed by atoms with Gasteiger partial charge in [0.2, 0.25) is 5.88 Å². The van der Waals surface area contributed by atoms with Crippen LogP contribution in [0.1, 0.15) is 17.3 Å². The van der Waals surface area contributed by atoms with Crippen molar-refractivity contribution in [3.05, 3.63) is 46.3 Å². The minimum atomic E-state index is -0.162. The number of aromatic nitrogens is 2. The average Bonchev–Trinajstić information content (AvgIpc) is 2.54. The van der Waals surface area contributed by atoms with E-state index in [1.54, 1.807) is 20.3 Å². The molecule has 0 fully saturated rings. The van der Waals surface area contributed by atoms with E-state index in [9.17, 15) is 0 Å². The molecule has 2 aromatic rings. The van der Waals surface area contributed by atoms with Gasteiger partial charge in [0.1, 0.15) is 12.1 Å². The maximum Gasteiger partial charge on any atom is 0.216 e. The van der Waals surface area contributed by atoms with Crippen molar-refractivity contribution < 1.29 is 9.47 Å². The molecule has 1 atom stereocenters. The van der Waals surface area contributed by atoms with Crippen molar-refractivity contribution in [3.8, 4) is 11.6 Å². The molecule has 7 heteroatoms. The van der Waals surface area contributed by atoms with Crippen LogP contribution >= 0.6 is 15.9 Å². The fourth-order valence-corrected chi connectivity index (χ4v) is 2.37. The van der Waals surface area contributed by atoms with Crippen LogP contribution in [0, 0.1) is 0 Å². The SMILES string of the molecule is COc1ccc(Br)c(CC(NN)c2cc(OC)ncn2)c1. The third kappa shape index (κ3) is 3.90. The van der Waals surface area contributed by atoms with Gasteiger partial charge in [0.25, 0.3) is 0 Å². The van der Waals surface area contributed by atoms with Gasteiger partial charge >= 0.3 is 0 Å². The van der Waals surface area contributed by atoms with Crippen molar-refractivity contribution >= 4 is 15.9 Å². The second kappa shape index (κ2) is 7.35. The Balaban J connectivity index is 2.26. The molecule has 1 aromatic carbocycles. The Morgan fingerprint density at radius 3 is 2.71 bits per heavy atom. The van der Waals surface area contributed by atoms with Crippen LogP contribution in [0.3, 0.4) is 0 Å². The lowest BCUT2D eigenvalue weighted by molar-refractivity contribution is 0.393. The zero-order valence-corrected chi connectivity index (χ0v) is 13.4. The van der Waals surface area contributed by atoms with E-state index >= 15 is 0 Å². The van der Waals surface area contributed by atoms with Gasteiger partial charge in [0, 0.05) is 10.5 Å². The number of ether oxygens (including phenoxy) is 2. The summed E-state index contributed by atoms with van der Waals surface area (Å²) >= 11 is 3.54. The van der Waals surface area contributed by atoms with Crippen molar-refractivity contribution in [2.24, 2.45) is 5.84 Å². The zero-order chi connectivity index (χ0) is 15.2. The van der Waals surface area contributed by atoms with Gasteiger partial charge in [-0.2, -0.15) is 0 Å². The molecular formula is C14H17BrN4O2. The first kappa shape index (κ1) is 15.7. The lowest BCUT2D eigenvalue weighted by Crippen LogP contribution is -2.30. The normalized spacial score (nSPS) is 12.0. The molecule has 0 saturated heterocycles. The number of hydrazine groups is 1. The fourth-order valence-electron chi connectivity index (χ4n) is 1.96. The number of nitrogens with zero attached hydrogens (tertiary/aromatic N) is 2. The highest BCUT2D eigenvalue weighted by molar-refractivity contribution is 9.10. The molecular weight excluding hydrogens is 336 g/mol. The van der Waals surface area contributed by atoms with Crippen LogP contribution in [0.25, 0.3) is 0 Å². The molecule has 1 unspecified atom stereocenters. The molecule has 1 aromatic heterocycles. The predicted octanol–water partition coefficient (Wildman–Crippen LogP) is 2.00. The summed E-state index contributed by atoms with van der Waals surface area (Å²) in [6.45, 7) is 0. The number of halogens is 1. The van der Waals surface area contributed by atoms with Crippen molar-refractivity contribution in [2.75, 3.05) is 14.2 Å². The molecule has 2 rings (SSSR count). The molecule has 0 aliphatic heterocycles. The quantitative estimate of drug-likeness (QED) is 0.611. The Morgan fingerprint density at radius 2 is 2.05 bits per heavy atom. The molecule has 112 valence electrons. The third-order valence-electron chi connectivity index (χ3n) is 3.11. The maximum atomic E-state index is 5.67. The topological polar surface area (TPSA) is 82.3 Å².